The molecule has 1 saturated heterocycles. The van der Waals surface area contributed by atoms with Crippen molar-refractivity contribution in [2.24, 2.45) is 0 Å². The zero-order chi connectivity index (χ0) is 15.2. The molecule has 1 N–H and O–H groups in total. The molecule has 0 saturated carbocycles. The number of amides is 1. The summed E-state index contributed by atoms with van der Waals surface area (Å²) >= 11 is 0. The molecule has 22 heavy (non-hydrogen) atoms. The van der Waals surface area contributed by atoms with Crippen LogP contribution < -0.4 is 5.32 Å². The molecule has 1 aromatic heterocycles. The third-order valence-corrected chi connectivity index (χ3v) is 3.54. The van der Waals surface area contributed by atoms with E-state index in [1.54, 1.807) is 12.3 Å². The van der Waals surface area contributed by atoms with Crippen molar-refractivity contribution < 1.29 is 9.53 Å². The fourth-order valence-electron chi connectivity index (χ4n) is 2.44. The predicted molar refractivity (Wildman–Crippen MR) is 85.3 cm³/mol. The maximum absolute atomic E-state index is 11.9. The van der Waals surface area contributed by atoms with Gasteiger partial charge in [0.1, 0.15) is 0 Å². The van der Waals surface area contributed by atoms with Crippen molar-refractivity contribution in [3.05, 3.63) is 54.4 Å². The van der Waals surface area contributed by atoms with Gasteiger partial charge < -0.3 is 10.1 Å². The second-order valence-corrected chi connectivity index (χ2v) is 5.32. The second kappa shape index (κ2) is 7.04. The molecule has 2 aromatic rings. The average molecular weight is 297 g/mol. The Morgan fingerprint density at radius 1 is 1.41 bits per heavy atom. The van der Waals surface area contributed by atoms with Gasteiger partial charge in [-0.3, -0.25) is 9.48 Å². The van der Waals surface area contributed by atoms with Crippen LogP contribution in [0.3, 0.4) is 0 Å². The number of benzene rings is 1. The molecule has 1 aromatic carbocycles. The van der Waals surface area contributed by atoms with E-state index in [-0.39, 0.29) is 12.0 Å². The third-order valence-electron chi connectivity index (χ3n) is 3.54. The largest absolute Gasteiger partial charge is 0.376 e. The van der Waals surface area contributed by atoms with E-state index in [2.05, 4.69) is 10.4 Å². The number of rotatable bonds is 5. The van der Waals surface area contributed by atoms with Crippen LogP contribution in [0.4, 0.5) is 5.69 Å². The first kappa shape index (κ1) is 14.5. The molecule has 1 fully saturated rings. The van der Waals surface area contributed by atoms with Gasteiger partial charge >= 0.3 is 0 Å². The topological polar surface area (TPSA) is 56.2 Å². The summed E-state index contributed by atoms with van der Waals surface area (Å²) in [5.41, 5.74) is 1.69. The molecule has 1 unspecified atom stereocenters. The van der Waals surface area contributed by atoms with Crippen molar-refractivity contribution in [3.8, 4) is 0 Å². The van der Waals surface area contributed by atoms with E-state index in [1.807, 2.05) is 41.2 Å². The van der Waals surface area contributed by atoms with Crippen LogP contribution in [0.1, 0.15) is 18.4 Å². The molecule has 1 aliphatic heterocycles. The number of hydrogen-bond donors (Lipinski definition) is 1. The van der Waals surface area contributed by atoms with Crippen molar-refractivity contribution >= 4 is 17.7 Å². The summed E-state index contributed by atoms with van der Waals surface area (Å²) in [5.74, 6) is -0.166. The van der Waals surface area contributed by atoms with Crippen molar-refractivity contribution in [3.63, 3.8) is 0 Å². The molecule has 2 heterocycles. The quantitative estimate of drug-likeness (QED) is 0.863. The first-order valence-electron chi connectivity index (χ1n) is 7.48. The Kier molecular flexibility index (Phi) is 4.65. The van der Waals surface area contributed by atoms with Gasteiger partial charge in [0, 0.05) is 18.9 Å². The van der Waals surface area contributed by atoms with Crippen LogP contribution >= 0.6 is 0 Å². The highest BCUT2D eigenvalue weighted by Crippen LogP contribution is 2.15. The Morgan fingerprint density at radius 2 is 2.27 bits per heavy atom. The van der Waals surface area contributed by atoms with Gasteiger partial charge in [0.2, 0.25) is 5.91 Å². The summed E-state index contributed by atoms with van der Waals surface area (Å²) in [5, 5.41) is 7.06. The van der Waals surface area contributed by atoms with Gasteiger partial charge in [-0.15, -0.1) is 0 Å². The maximum Gasteiger partial charge on any atom is 0.248 e. The average Bonchev–Trinajstić information content (AvgIpc) is 3.19. The minimum atomic E-state index is -0.166. The van der Waals surface area contributed by atoms with E-state index in [0.717, 1.165) is 31.6 Å². The molecule has 0 aliphatic carbocycles. The lowest BCUT2D eigenvalue weighted by atomic mass is 10.2. The summed E-state index contributed by atoms with van der Waals surface area (Å²) in [7, 11) is 0. The van der Waals surface area contributed by atoms with Crippen molar-refractivity contribution in [2.45, 2.75) is 25.5 Å². The molecule has 5 nitrogen and oxygen atoms in total. The number of anilines is 1. The summed E-state index contributed by atoms with van der Waals surface area (Å²) < 4.78 is 7.39. The lowest BCUT2D eigenvalue weighted by molar-refractivity contribution is -0.111. The number of hydrogen-bond acceptors (Lipinski definition) is 3. The molecule has 0 bridgehead atoms. The van der Waals surface area contributed by atoms with Gasteiger partial charge in [-0.25, -0.2) is 0 Å². The van der Waals surface area contributed by atoms with Crippen LogP contribution in [-0.4, -0.2) is 28.4 Å². The highest BCUT2D eigenvalue weighted by Gasteiger charge is 2.16. The van der Waals surface area contributed by atoms with Gasteiger partial charge in [0.05, 0.1) is 24.5 Å². The summed E-state index contributed by atoms with van der Waals surface area (Å²) in [4.78, 5) is 11.9. The predicted octanol–water partition coefficient (Wildman–Crippen LogP) is 2.71. The number of ether oxygens (including phenoxy) is 1. The van der Waals surface area contributed by atoms with Gasteiger partial charge in [-0.1, -0.05) is 30.3 Å². The smallest absolute Gasteiger partial charge is 0.248 e. The third kappa shape index (κ3) is 4.05. The van der Waals surface area contributed by atoms with Crippen LogP contribution in [0, 0.1) is 0 Å². The molecule has 1 amide bonds. The van der Waals surface area contributed by atoms with Crippen molar-refractivity contribution in [1.82, 2.24) is 9.78 Å². The highest BCUT2D eigenvalue weighted by atomic mass is 16.5. The lowest BCUT2D eigenvalue weighted by Crippen LogP contribution is -2.15. The van der Waals surface area contributed by atoms with E-state index < -0.39 is 0 Å². The van der Waals surface area contributed by atoms with Gasteiger partial charge in [0.15, 0.2) is 0 Å². The normalized spacial score (nSPS) is 17.9. The minimum absolute atomic E-state index is 0.166. The highest BCUT2D eigenvalue weighted by molar-refractivity contribution is 6.01. The van der Waals surface area contributed by atoms with E-state index in [1.165, 1.54) is 6.08 Å². The molecular formula is C17H19N3O2. The Morgan fingerprint density at radius 3 is 3.05 bits per heavy atom. The van der Waals surface area contributed by atoms with Crippen molar-refractivity contribution in [2.75, 3.05) is 11.9 Å². The number of nitrogens with zero attached hydrogens (tertiary/aromatic N) is 2. The fraction of sp³-hybridized carbons (Fsp3) is 0.294. The molecule has 0 radical (unpaired) electrons. The summed E-state index contributed by atoms with van der Waals surface area (Å²) in [6.07, 6.45) is 9.21. The van der Waals surface area contributed by atoms with E-state index in [0.29, 0.717) is 5.69 Å². The van der Waals surface area contributed by atoms with Crippen LogP contribution in [0.15, 0.2) is 48.8 Å². The molecule has 1 atom stereocenters. The van der Waals surface area contributed by atoms with Crippen LogP contribution in [0.2, 0.25) is 0 Å². The molecular weight excluding hydrogens is 278 g/mol. The van der Waals surface area contributed by atoms with Crippen molar-refractivity contribution in [1.29, 1.82) is 0 Å². The molecule has 3 rings (SSSR count). The van der Waals surface area contributed by atoms with E-state index in [4.69, 9.17) is 4.74 Å². The first-order valence-corrected chi connectivity index (χ1v) is 7.48. The zero-order valence-electron chi connectivity index (χ0n) is 12.3. The lowest BCUT2D eigenvalue weighted by Gasteiger charge is -2.08. The second-order valence-electron chi connectivity index (χ2n) is 5.32. The van der Waals surface area contributed by atoms with Gasteiger partial charge in [0.25, 0.3) is 0 Å². The Balaban J connectivity index is 1.53. The van der Waals surface area contributed by atoms with Crippen LogP contribution in [0.5, 0.6) is 0 Å². The van der Waals surface area contributed by atoms with Gasteiger partial charge in [-0.2, -0.15) is 5.10 Å². The number of aromatic nitrogens is 2. The Hall–Kier alpha value is -2.40. The Bertz CT molecular complexity index is 643. The van der Waals surface area contributed by atoms with Crippen LogP contribution in [0.25, 0.3) is 6.08 Å². The monoisotopic (exact) mass is 297 g/mol. The summed E-state index contributed by atoms with van der Waals surface area (Å²) in [6.45, 7) is 1.57. The first-order chi connectivity index (χ1) is 10.8. The fourth-order valence-corrected chi connectivity index (χ4v) is 2.44. The van der Waals surface area contributed by atoms with E-state index >= 15 is 0 Å². The van der Waals surface area contributed by atoms with Gasteiger partial charge in [-0.05, 0) is 24.5 Å². The SMILES string of the molecule is O=C(/C=C/c1ccccc1)Nc1cnn(CC2CCCO2)c1. The van der Waals surface area contributed by atoms with Crippen LogP contribution in [-0.2, 0) is 16.1 Å². The number of carbonyl (C=O) groups excluding carboxylic acids is 1. The van der Waals surface area contributed by atoms with E-state index in [9.17, 15) is 4.79 Å². The molecule has 5 heteroatoms. The zero-order valence-corrected chi connectivity index (χ0v) is 12.3. The molecule has 114 valence electrons. The standard InChI is InChI=1S/C17H19N3O2/c21-17(9-8-14-5-2-1-3-6-14)19-15-11-18-20(12-15)13-16-7-4-10-22-16/h1-3,5-6,8-9,11-12,16H,4,7,10,13H2,(H,19,21)/b9-8+. The maximum atomic E-state index is 11.9. The molecule has 0 spiro atoms. The Labute approximate surface area is 129 Å². The minimum Gasteiger partial charge on any atom is -0.376 e. The summed E-state index contributed by atoms with van der Waals surface area (Å²) in [6, 6.07) is 9.71. The molecule has 1 aliphatic rings. The number of nitrogens with one attached hydrogen (secondary N) is 1. The number of carbonyl (C=O) groups is 1.